The lowest BCUT2D eigenvalue weighted by molar-refractivity contribution is 0.318. The summed E-state index contributed by atoms with van der Waals surface area (Å²) in [5.74, 6) is 0. The third-order valence-electron chi connectivity index (χ3n) is 3.72. The summed E-state index contributed by atoms with van der Waals surface area (Å²) in [6, 6.07) is 0. The van der Waals surface area contributed by atoms with Gasteiger partial charge in [-0.05, 0) is 6.42 Å². The summed E-state index contributed by atoms with van der Waals surface area (Å²) in [5.41, 5.74) is 0. The summed E-state index contributed by atoms with van der Waals surface area (Å²) in [6.45, 7) is 2.60. The summed E-state index contributed by atoms with van der Waals surface area (Å²) in [4.78, 5) is 0. The maximum absolute atomic E-state index is 10.7. The first-order chi connectivity index (χ1) is 10.1. The molecule has 0 bridgehead atoms. The Morgan fingerprint density at radius 2 is 1.00 bits per heavy atom. The first-order valence-electron chi connectivity index (χ1n) is 8.65. The zero-order valence-corrected chi connectivity index (χ0v) is 16.6. The smallest absolute Gasteiger partial charge is 0.263 e. The summed E-state index contributed by atoms with van der Waals surface area (Å²) in [6.07, 6.45) is 18.2. The largest absolute Gasteiger partial charge is 0.321 e. The average Bonchev–Trinajstić information content (AvgIpc) is 2.42. The number of hydrogen-bond donors (Lipinski definition) is 0. The molecular formula is C16H33IO3S. The second kappa shape index (κ2) is 15.5. The predicted octanol–water partition coefficient (Wildman–Crippen LogP) is 6.16. The van der Waals surface area contributed by atoms with Crippen LogP contribution >= 0.6 is 21.2 Å². The van der Waals surface area contributed by atoms with Crippen molar-refractivity contribution in [3.8, 4) is 0 Å². The minimum atomic E-state index is -3.27. The molecule has 5 heteroatoms. The van der Waals surface area contributed by atoms with Crippen LogP contribution in [0.3, 0.4) is 0 Å². The van der Waals surface area contributed by atoms with E-state index < -0.39 is 7.29 Å². The maximum atomic E-state index is 10.7. The molecule has 0 rings (SSSR count). The van der Waals surface area contributed by atoms with Crippen LogP contribution in [0, 0.1) is 0 Å². The van der Waals surface area contributed by atoms with Crippen molar-refractivity contribution in [1.82, 2.24) is 0 Å². The molecule has 0 aliphatic heterocycles. The minimum absolute atomic E-state index is 0.337. The zero-order chi connectivity index (χ0) is 15.8. The van der Waals surface area contributed by atoms with Crippen LogP contribution in [-0.2, 0) is 11.5 Å². The van der Waals surface area contributed by atoms with Crippen LogP contribution in [0.4, 0.5) is 0 Å². The van der Waals surface area contributed by atoms with E-state index in [9.17, 15) is 8.42 Å². The highest BCUT2D eigenvalue weighted by Crippen LogP contribution is 2.13. The fourth-order valence-electron chi connectivity index (χ4n) is 2.46. The van der Waals surface area contributed by atoms with Crippen LogP contribution in [-0.4, -0.2) is 15.0 Å². The molecule has 0 unspecified atom stereocenters. The Morgan fingerprint density at radius 1 is 0.667 bits per heavy atom. The Morgan fingerprint density at radius 3 is 1.33 bits per heavy atom. The van der Waals surface area contributed by atoms with E-state index in [1.165, 1.54) is 98.3 Å². The molecule has 0 saturated heterocycles. The van der Waals surface area contributed by atoms with Crippen molar-refractivity contribution in [2.45, 2.75) is 96.8 Å². The van der Waals surface area contributed by atoms with E-state index in [2.05, 4.69) is 6.92 Å². The van der Waals surface area contributed by atoms with Crippen molar-refractivity contribution < 1.29 is 12.6 Å². The molecule has 0 radical (unpaired) electrons. The molecule has 0 aliphatic carbocycles. The van der Waals surface area contributed by atoms with Crippen molar-refractivity contribution in [3.63, 3.8) is 0 Å². The quantitative estimate of drug-likeness (QED) is 0.167. The topological polar surface area (TPSA) is 43.4 Å². The lowest BCUT2D eigenvalue weighted by atomic mass is 10.0. The fourth-order valence-corrected chi connectivity index (χ4v) is 3.31. The monoisotopic (exact) mass is 432 g/mol. The van der Waals surface area contributed by atoms with Gasteiger partial charge >= 0.3 is 7.29 Å². The Balaban J connectivity index is 3.03. The van der Waals surface area contributed by atoms with Crippen LogP contribution in [0.25, 0.3) is 0 Å². The third-order valence-corrected chi connectivity index (χ3v) is 4.93. The molecule has 0 N–H and O–H groups in total. The molecule has 0 fully saturated rings. The van der Waals surface area contributed by atoms with Crippen LogP contribution in [0.15, 0.2) is 0 Å². The van der Waals surface area contributed by atoms with Crippen LogP contribution in [0.5, 0.6) is 0 Å². The molecule has 0 saturated carbocycles. The third kappa shape index (κ3) is 20.6. The molecular weight excluding hydrogens is 399 g/mol. The van der Waals surface area contributed by atoms with E-state index in [1.807, 2.05) is 0 Å². The molecule has 0 spiro atoms. The highest BCUT2D eigenvalue weighted by atomic mass is 127. The SMILES string of the molecule is CCCCCCCCCCCCCCCCOS(=O)(=O)I. The molecule has 0 amide bonds. The number of rotatable bonds is 16. The predicted molar refractivity (Wildman–Crippen MR) is 99.2 cm³/mol. The van der Waals surface area contributed by atoms with E-state index in [0.29, 0.717) is 6.61 Å². The first-order valence-corrected chi connectivity index (χ1v) is 12.6. The van der Waals surface area contributed by atoms with Crippen LogP contribution < -0.4 is 0 Å². The normalized spacial score (nSPS) is 11.9. The molecule has 0 aromatic heterocycles. The van der Waals surface area contributed by atoms with Gasteiger partial charge in [0.05, 0.1) is 6.61 Å². The second-order valence-corrected chi connectivity index (χ2v) is 10.1. The summed E-state index contributed by atoms with van der Waals surface area (Å²) < 4.78 is 26.2. The Bertz CT molecular complexity index is 305. The van der Waals surface area contributed by atoms with Gasteiger partial charge in [0.25, 0.3) is 0 Å². The van der Waals surface area contributed by atoms with E-state index in [-0.39, 0.29) is 0 Å². The van der Waals surface area contributed by atoms with Gasteiger partial charge in [-0.25, -0.2) is 0 Å². The zero-order valence-electron chi connectivity index (χ0n) is 13.6. The van der Waals surface area contributed by atoms with Crippen molar-refractivity contribution >= 4 is 28.5 Å². The highest BCUT2D eigenvalue weighted by Gasteiger charge is 2.02. The second-order valence-electron chi connectivity index (χ2n) is 5.81. The molecule has 0 aliphatic rings. The van der Waals surface area contributed by atoms with E-state index in [0.717, 1.165) is 12.8 Å². The van der Waals surface area contributed by atoms with Gasteiger partial charge < -0.3 is 0 Å². The molecule has 3 nitrogen and oxygen atoms in total. The standard InChI is InChI=1S/C16H33IO3S/c1-2-3-4-5-6-7-8-9-10-11-12-13-14-15-16-20-21(17,18)19/h2-16H2,1H3. The van der Waals surface area contributed by atoms with Gasteiger partial charge in [0, 0.05) is 0 Å². The fraction of sp³-hybridized carbons (Fsp3) is 1.00. The lowest BCUT2D eigenvalue weighted by Crippen LogP contribution is -1.98. The first kappa shape index (κ1) is 21.6. The summed E-state index contributed by atoms with van der Waals surface area (Å²) in [7, 11) is -3.27. The van der Waals surface area contributed by atoms with Crippen molar-refractivity contribution in [2.24, 2.45) is 0 Å². The van der Waals surface area contributed by atoms with Gasteiger partial charge in [-0.15, -0.1) is 0 Å². The summed E-state index contributed by atoms with van der Waals surface area (Å²) in [5, 5.41) is 0. The lowest BCUT2D eigenvalue weighted by Gasteiger charge is -2.03. The Hall–Kier alpha value is 0.640. The van der Waals surface area contributed by atoms with Gasteiger partial charge in [0.2, 0.25) is 0 Å². The van der Waals surface area contributed by atoms with Crippen molar-refractivity contribution in [2.75, 3.05) is 6.61 Å². The maximum Gasteiger partial charge on any atom is 0.321 e. The van der Waals surface area contributed by atoms with Crippen molar-refractivity contribution in [1.29, 1.82) is 0 Å². The molecule has 0 heterocycles. The molecule has 21 heavy (non-hydrogen) atoms. The molecule has 0 aromatic carbocycles. The average molecular weight is 432 g/mol. The minimum Gasteiger partial charge on any atom is -0.263 e. The number of halogens is 1. The Kier molecular flexibility index (Phi) is 16.0. The molecule has 0 aromatic rings. The summed E-state index contributed by atoms with van der Waals surface area (Å²) >= 11 is 1.33. The van der Waals surface area contributed by atoms with Crippen molar-refractivity contribution in [3.05, 3.63) is 0 Å². The van der Waals surface area contributed by atoms with Gasteiger partial charge in [0.15, 0.2) is 0 Å². The van der Waals surface area contributed by atoms with E-state index >= 15 is 0 Å². The highest BCUT2D eigenvalue weighted by molar-refractivity contribution is 14.2. The van der Waals surface area contributed by atoms with Gasteiger partial charge in [0.1, 0.15) is 21.2 Å². The van der Waals surface area contributed by atoms with Gasteiger partial charge in [-0.3, -0.25) is 4.18 Å². The Labute approximate surface area is 144 Å². The number of unbranched alkanes of at least 4 members (excludes halogenated alkanes) is 13. The van der Waals surface area contributed by atoms with E-state index in [1.54, 1.807) is 0 Å². The molecule has 0 atom stereocenters. The van der Waals surface area contributed by atoms with E-state index in [4.69, 9.17) is 4.18 Å². The van der Waals surface area contributed by atoms with Gasteiger partial charge in [-0.2, -0.15) is 8.42 Å². The van der Waals surface area contributed by atoms with Gasteiger partial charge in [-0.1, -0.05) is 90.4 Å². The molecule has 128 valence electrons. The van der Waals surface area contributed by atoms with Crippen LogP contribution in [0.1, 0.15) is 96.8 Å². The number of hydrogen-bond acceptors (Lipinski definition) is 3. The van der Waals surface area contributed by atoms with Crippen LogP contribution in [0.2, 0.25) is 0 Å².